The van der Waals surface area contributed by atoms with E-state index in [-0.39, 0.29) is 0 Å². The summed E-state index contributed by atoms with van der Waals surface area (Å²) in [6.07, 6.45) is 6.65. The van der Waals surface area contributed by atoms with Gasteiger partial charge < -0.3 is 10.1 Å². The molecule has 1 saturated heterocycles. The van der Waals surface area contributed by atoms with Crippen LogP contribution in [0, 0.1) is 6.92 Å². The molecule has 1 fully saturated rings. The summed E-state index contributed by atoms with van der Waals surface area (Å²) in [6.45, 7) is 9.16. The summed E-state index contributed by atoms with van der Waals surface area (Å²) in [5, 5.41) is 3.30. The van der Waals surface area contributed by atoms with Crippen LogP contribution in [-0.2, 0) is 0 Å². The first-order valence-corrected chi connectivity index (χ1v) is 7.72. The average Bonchev–Trinajstić information content (AvgIpc) is 2.49. The molecule has 1 N–H and O–H groups in total. The minimum atomic E-state index is 0.699. The number of hydrogen-bond donors (Lipinski definition) is 1. The molecule has 112 valence electrons. The quantitative estimate of drug-likeness (QED) is 0.830. The molecular formula is C15H26N4O. The van der Waals surface area contributed by atoms with Crippen molar-refractivity contribution in [3.8, 4) is 5.88 Å². The first kappa shape index (κ1) is 15.0. The normalized spacial score (nSPS) is 16.1. The maximum Gasteiger partial charge on any atom is 0.221 e. The topological polar surface area (TPSA) is 50.3 Å². The summed E-state index contributed by atoms with van der Waals surface area (Å²) >= 11 is 0. The highest BCUT2D eigenvalue weighted by Crippen LogP contribution is 2.20. The van der Waals surface area contributed by atoms with Crippen LogP contribution >= 0.6 is 0 Å². The molecule has 0 unspecified atom stereocenters. The zero-order chi connectivity index (χ0) is 14.2. The monoisotopic (exact) mass is 278 g/mol. The van der Waals surface area contributed by atoms with Gasteiger partial charge in [-0.2, -0.15) is 0 Å². The van der Waals surface area contributed by atoms with Crippen LogP contribution in [0.4, 0.5) is 5.82 Å². The predicted octanol–water partition coefficient (Wildman–Crippen LogP) is 2.47. The molecule has 2 heterocycles. The van der Waals surface area contributed by atoms with E-state index in [2.05, 4.69) is 27.1 Å². The van der Waals surface area contributed by atoms with Gasteiger partial charge in [-0.1, -0.05) is 13.3 Å². The van der Waals surface area contributed by atoms with Crippen molar-refractivity contribution in [3.63, 3.8) is 0 Å². The second kappa shape index (κ2) is 8.04. The van der Waals surface area contributed by atoms with Gasteiger partial charge in [-0.05, 0) is 39.3 Å². The Bertz CT molecular complexity index is 405. The summed E-state index contributed by atoms with van der Waals surface area (Å²) < 4.78 is 5.83. The van der Waals surface area contributed by atoms with Gasteiger partial charge in [0, 0.05) is 13.1 Å². The van der Waals surface area contributed by atoms with E-state index in [1.54, 1.807) is 6.33 Å². The molecule has 0 radical (unpaired) electrons. The molecule has 0 aliphatic carbocycles. The lowest BCUT2D eigenvalue weighted by molar-refractivity contribution is 0.180. The minimum Gasteiger partial charge on any atom is -0.476 e. The number of nitrogens with zero attached hydrogens (tertiary/aromatic N) is 3. The number of likely N-dealkylation sites (tertiary alicyclic amines) is 1. The van der Waals surface area contributed by atoms with Crippen molar-refractivity contribution in [2.75, 3.05) is 38.1 Å². The number of nitrogens with one attached hydrogen (secondary N) is 1. The molecule has 0 bridgehead atoms. The van der Waals surface area contributed by atoms with Gasteiger partial charge in [-0.15, -0.1) is 0 Å². The van der Waals surface area contributed by atoms with E-state index >= 15 is 0 Å². The van der Waals surface area contributed by atoms with Crippen LogP contribution in [0.25, 0.3) is 0 Å². The molecule has 5 nitrogen and oxygen atoms in total. The number of piperidine rings is 1. The van der Waals surface area contributed by atoms with Crippen molar-refractivity contribution in [1.29, 1.82) is 0 Å². The van der Waals surface area contributed by atoms with Crippen LogP contribution < -0.4 is 10.1 Å². The van der Waals surface area contributed by atoms with E-state index in [0.717, 1.165) is 30.9 Å². The molecular weight excluding hydrogens is 252 g/mol. The van der Waals surface area contributed by atoms with E-state index in [1.165, 1.54) is 32.4 Å². The van der Waals surface area contributed by atoms with Gasteiger partial charge in [0.1, 0.15) is 18.8 Å². The molecule has 0 aromatic carbocycles. The van der Waals surface area contributed by atoms with Gasteiger partial charge in [0.05, 0.1) is 5.56 Å². The Hall–Kier alpha value is -1.36. The van der Waals surface area contributed by atoms with Crippen molar-refractivity contribution >= 4 is 5.82 Å². The number of aromatic nitrogens is 2. The Morgan fingerprint density at radius 1 is 1.25 bits per heavy atom. The molecule has 1 aromatic rings. The first-order chi connectivity index (χ1) is 9.81. The lowest BCUT2D eigenvalue weighted by Crippen LogP contribution is -2.33. The Morgan fingerprint density at radius 3 is 2.80 bits per heavy atom. The molecule has 1 aliphatic heterocycles. The van der Waals surface area contributed by atoms with Crippen LogP contribution in [0.15, 0.2) is 6.33 Å². The number of anilines is 1. The van der Waals surface area contributed by atoms with Gasteiger partial charge in [0.15, 0.2) is 0 Å². The van der Waals surface area contributed by atoms with Gasteiger partial charge in [-0.3, -0.25) is 4.90 Å². The van der Waals surface area contributed by atoms with Gasteiger partial charge >= 0.3 is 0 Å². The number of rotatable bonds is 7. The number of hydrogen-bond acceptors (Lipinski definition) is 5. The highest BCUT2D eigenvalue weighted by Gasteiger charge is 2.11. The highest BCUT2D eigenvalue weighted by atomic mass is 16.5. The third kappa shape index (κ3) is 4.34. The zero-order valence-corrected chi connectivity index (χ0v) is 12.7. The molecule has 0 spiro atoms. The molecule has 0 amide bonds. The van der Waals surface area contributed by atoms with Gasteiger partial charge in [-0.25, -0.2) is 9.97 Å². The molecule has 0 saturated carbocycles. The van der Waals surface area contributed by atoms with E-state index in [4.69, 9.17) is 4.74 Å². The van der Waals surface area contributed by atoms with Crippen molar-refractivity contribution in [2.45, 2.75) is 39.5 Å². The minimum absolute atomic E-state index is 0.699. The van der Waals surface area contributed by atoms with Crippen molar-refractivity contribution in [1.82, 2.24) is 14.9 Å². The Balaban J connectivity index is 1.82. The fourth-order valence-corrected chi connectivity index (χ4v) is 2.46. The summed E-state index contributed by atoms with van der Waals surface area (Å²) in [5.74, 6) is 1.59. The molecule has 20 heavy (non-hydrogen) atoms. The molecule has 2 rings (SSSR count). The van der Waals surface area contributed by atoms with Crippen LogP contribution in [0.5, 0.6) is 5.88 Å². The maximum atomic E-state index is 5.83. The SMILES string of the molecule is CCCNc1ncnc(OCCN2CCCCC2)c1C. The second-order valence-electron chi connectivity index (χ2n) is 5.33. The second-order valence-corrected chi connectivity index (χ2v) is 5.33. The summed E-state index contributed by atoms with van der Waals surface area (Å²) in [7, 11) is 0. The van der Waals surface area contributed by atoms with Crippen LogP contribution in [0.1, 0.15) is 38.2 Å². The largest absolute Gasteiger partial charge is 0.476 e. The summed E-state index contributed by atoms with van der Waals surface area (Å²) in [5.41, 5.74) is 1.000. The van der Waals surface area contributed by atoms with Gasteiger partial charge in [0.2, 0.25) is 5.88 Å². The Labute approximate surface area is 121 Å². The van der Waals surface area contributed by atoms with Crippen molar-refractivity contribution in [3.05, 3.63) is 11.9 Å². The molecule has 1 aliphatic rings. The lowest BCUT2D eigenvalue weighted by atomic mass is 10.1. The van der Waals surface area contributed by atoms with Crippen LogP contribution in [0.2, 0.25) is 0 Å². The van der Waals surface area contributed by atoms with Crippen LogP contribution in [0.3, 0.4) is 0 Å². The fraction of sp³-hybridized carbons (Fsp3) is 0.733. The van der Waals surface area contributed by atoms with Crippen molar-refractivity contribution < 1.29 is 4.74 Å². The van der Waals surface area contributed by atoms with E-state index in [0.29, 0.717) is 12.5 Å². The van der Waals surface area contributed by atoms with E-state index in [9.17, 15) is 0 Å². The zero-order valence-electron chi connectivity index (χ0n) is 12.7. The fourth-order valence-electron chi connectivity index (χ4n) is 2.46. The molecule has 1 aromatic heterocycles. The van der Waals surface area contributed by atoms with E-state index in [1.807, 2.05) is 6.92 Å². The van der Waals surface area contributed by atoms with Gasteiger partial charge in [0.25, 0.3) is 0 Å². The first-order valence-electron chi connectivity index (χ1n) is 7.72. The maximum absolute atomic E-state index is 5.83. The van der Waals surface area contributed by atoms with E-state index < -0.39 is 0 Å². The average molecular weight is 278 g/mol. The predicted molar refractivity (Wildman–Crippen MR) is 81.3 cm³/mol. The Kier molecular flexibility index (Phi) is 6.05. The summed E-state index contributed by atoms with van der Waals surface area (Å²) in [4.78, 5) is 11.0. The number of ether oxygens (including phenoxy) is 1. The Morgan fingerprint density at radius 2 is 2.05 bits per heavy atom. The summed E-state index contributed by atoms with van der Waals surface area (Å²) in [6, 6.07) is 0. The standard InChI is InChI=1S/C15H26N4O/c1-3-7-16-14-13(2)15(18-12-17-14)20-11-10-19-8-5-4-6-9-19/h12H,3-11H2,1-2H3,(H,16,17,18). The molecule has 5 heteroatoms. The smallest absolute Gasteiger partial charge is 0.221 e. The highest BCUT2D eigenvalue weighted by molar-refractivity contribution is 5.47. The lowest BCUT2D eigenvalue weighted by Gasteiger charge is -2.26. The third-order valence-electron chi connectivity index (χ3n) is 3.68. The molecule has 0 atom stereocenters. The third-order valence-corrected chi connectivity index (χ3v) is 3.68. The van der Waals surface area contributed by atoms with Crippen LogP contribution in [-0.4, -0.2) is 47.7 Å². The van der Waals surface area contributed by atoms with Crippen molar-refractivity contribution in [2.24, 2.45) is 0 Å².